The molecule has 14 heteroatoms. The molecule has 0 saturated carbocycles. The van der Waals surface area contributed by atoms with Gasteiger partial charge in [0.1, 0.15) is 19.0 Å². The second-order valence-corrected chi connectivity index (χ2v) is 10.2. The van der Waals surface area contributed by atoms with Gasteiger partial charge in [-0.1, -0.05) is 31.9 Å². The quantitative estimate of drug-likeness (QED) is 0.0614. The minimum Gasteiger partial charge on any atom is -0.489 e. The molecule has 0 aromatic heterocycles. The largest absolute Gasteiger partial charge is 0.489 e. The second kappa shape index (κ2) is 36.2. The first-order valence-corrected chi connectivity index (χ1v) is 17.1. The predicted octanol–water partition coefficient (Wildman–Crippen LogP) is 2.94. The van der Waals surface area contributed by atoms with Gasteiger partial charge < -0.3 is 62.6 Å². The molecule has 0 aliphatic rings. The highest BCUT2D eigenvalue weighted by Gasteiger charge is 2.02. The molecule has 1 aromatic rings. The van der Waals surface area contributed by atoms with Gasteiger partial charge in [-0.25, -0.2) is 0 Å². The molecule has 0 spiro atoms. The van der Waals surface area contributed by atoms with Crippen LogP contribution in [0.5, 0.6) is 5.75 Å². The standard InChI is InChI=1S/C34H61NO13/c1-2-3-4-9-34(36)48-31-29-46-27-25-44-23-21-42-19-17-40-15-13-38-11-10-37-12-14-39-16-18-41-20-22-43-24-26-45-28-30-47-33-8-6-5-7-32(33)35/h5-8H,2-4,9-31,35H2,1H3. The Labute approximate surface area is 287 Å². The van der Waals surface area contributed by atoms with Crippen LogP contribution in [0.25, 0.3) is 0 Å². The molecule has 48 heavy (non-hydrogen) atoms. The third kappa shape index (κ3) is 31.2. The summed E-state index contributed by atoms with van der Waals surface area (Å²) in [5.74, 6) is 0.505. The predicted molar refractivity (Wildman–Crippen MR) is 180 cm³/mol. The molecule has 0 saturated heterocycles. The summed E-state index contributed by atoms with van der Waals surface area (Å²) in [6, 6.07) is 7.37. The smallest absolute Gasteiger partial charge is 0.305 e. The summed E-state index contributed by atoms with van der Waals surface area (Å²) in [5.41, 5.74) is 6.43. The fourth-order valence-electron chi connectivity index (χ4n) is 3.71. The van der Waals surface area contributed by atoms with E-state index in [1.165, 1.54) is 0 Å². The summed E-state index contributed by atoms with van der Waals surface area (Å²) in [7, 11) is 0. The number of rotatable bonds is 38. The fourth-order valence-corrected chi connectivity index (χ4v) is 3.71. The van der Waals surface area contributed by atoms with Crippen LogP contribution in [-0.4, -0.2) is 151 Å². The van der Waals surface area contributed by atoms with Gasteiger partial charge in [0.05, 0.1) is 138 Å². The Hall–Kier alpha value is -2.11. The number of ether oxygens (including phenoxy) is 12. The maximum Gasteiger partial charge on any atom is 0.305 e. The van der Waals surface area contributed by atoms with Gasteiger partial charge in [-0.05, 0) is 18.6 Å². The summed E-state index contributed by atoms with van der Waals surface area (Å²) in [6.45, 7) is 12.5. The number of nitrogen functional groups attached to an aromatic ring is 1. The van der Waals surface area contributed by atoms with E-state index in [9.17, 15) is 4.79 Å². The summed E-state index contributed by atoms with van der Waals surface area (Å²) in [6.07, 6.45) is 3.49. The van der Waals surface area contributed by atoms with Gasteiger partial charge in [0.2, 0.25) is 0 Å². The van der Waals surface area contributed by atoms with Gasteiger partial charge in [-0.2, -0.15) is 0 Å². The molecule has 1 aromatic carbocycles. The van der Waals surface area contributed by atoms with Crippen molar-refractivity contribution in [1.29, 1.82) is 0 Å². The Morgan fingerprint density at radius 1 is 0.479 bits per heavy atom. The Morgan fingerprint density at radius 2 is 0.812 bits per heavy atom. The number of esters is 1. The number of carbonyl (C=O) groups excluding carboxylic acids is 1. The zero-order chi connectivity index (χ0) is 34.4. The van der Waals surface area contributed by atoms with E-state index in [4.69, 9.17) is 62.6 Å². The molecule has 0 radical (unpaired) electrons. The Morgan fingerprint density at radius 3 is 1.17 bits per heavy atom. The summed E-state index contributed by atoms with van der Waals surface area (Å²) in [4.78, 5) is 11.5. The van der Waals surface area contributed by atoms with Crippen LogP contribution < -0.4 is 10.5 Å². The average molecular weight is 692 g/mol. The van der Waals surface area contributed by atoms with E-state index < -0.39 is 0 Å². The molecule has 0 amide bonds. The molecule has 14 nitrogen and oxygen atoms in total. The van der Waals surface area contributed by atoms with E-state index in [1.54, 1.807) is 6.07 Å². The Kier molecular flexibility index (Phi) is 33.1. The van der Waals surface area contributed by atoms with E-state index in [-0.39, 0.29) is 12.6 Å². The van der Waals surface area contributed by atoms with Crippen molar-refractivity contribution in [2.24, 2.45) is 0 Å². The monoisotopic (exact) mass is 691 g/mol. The van der Waals surface area contributed by atoms with Crippen LogP contribution >= 0.6 is 0 Å². The first-order valence-electron chi connectivity index (χ1n) is 17.1. The van der Waals surface area contributed by atoms with Crippen LogP contribution in [0.15, 0.2) is 24.3 Å². The lowest BCUT2D eigenvalue weighted by molar-refractivity contribution is -0.145. The van der Waals surface area contributed by atoms with Crippen molar-refractivity contribution >= 4 is 11.7 Å². The highest BCUT2D eigenvalue weighted by Crippen LogP contribution is 2.19. The van der Waals surface area contributed by atoms with Gasteiger partial charge in [0, 0.05) is 6.42 Å². The topological polar surface area (TPSA) is 154 Å². The number of para-hydroxylation sites is 2. The first kappa shape index (κ1) is 43.9. The fraction of sp³-hybridized carbons (Fsp3) is 0.794. The molecular formula is C34H61NO13. The molecule has 2 N–H and O–H groups in total. The zero-order valence-corrected chi connectivity index (χ0v) is 29.1. The maximum atomic E-state index is 11.5. The molecule has 0 fully saturated rings. The average Bonchev–Trinajstić information content (AvgIpc) is 3.09. The first-order chi connectivity index (χ1) is 23.7. The second-order valence-electron chi connectivity index (χ2n) is 10.2. The van der Waals surface area contributed by atoms with Crippen LogP contribution in [0.2, 0.25) is 0 Å². The van der Waals surface area contributed by atoms with Gasteiger partial charge in [0.15, 0.2) is 0 Å². The minimum atomic E-state index is -0.161. The van der Waals surface area contributed by atoms with Crippen LogP contribution in [0, 0.1) is 0 Å². The van der Waals surface area contributed by atoms with Crippen LogP contribution in [0.3, 0.4) is 0 Å². The Balaban J connectivity index is 1.64. The molecule has 0 aliphatic heterocycles. The van der Waals surface area contributed by atoms with Crippen molar-refractivity contribution in [3.63, 3.8) is 0 Å². The lowest BCUT2D eigenvalue weighted by atomic mass is 10.2. The minimum absolute atomic E-state index is 0.161. The highest BCUT2D eigenvalue weighted by atomic mass is 16.6. The molecule has 0 heterocycles. The normalized spacial score (nSPS) is 11.3. The van der Waals surface area contributed by atoms with Crippen molar-refractivity contribution in [2.45, 2.75) is 32.6 Å². The van der Waals surface area contributed by atoms with Crippen molar-refractivity contribution in [3.8, 4) is 5.75 Å². The third-order valence-corrected chi connectivity index (χ3v) is 6.23. The SMILES string of the molecule is CCCCCC(=O)OCCOCCOCCOCCOCCOCCOCCOCCOCCOCCOCCOc1ccccc1N. The molecule has 0 bridgehead atoms. The van der Waals surface area contributed by atoms with Crippen molar-refractivity contribution < 1.29 is 61.6 Å². The third-order valence-electron chi connectivity index (χ3n) is 6.23. The molecule has 0 aliphatic carbocycles. The highest BCUT2D eigenvalue weighted by molar-refractivity contribution is 5.69. The lowest BCUT2D eigenvalue weighted by Gasteiger charge is -2.10. The van der Waals surface area contributed by atoms with Gasteiger partial charge in [-0.3, -0.25) is 4.79 Å². The molecule has 0 unspecified atom stereocenters. The number of unbranched alkanes of at least 4 members (excludes halogenated alkanes) is 2. The number of anilines is 1. The summed E-state index contributed by atoms with van der Waals surface area (Å²) < 4.78 is 65.3. The Bertz CT molecular complexity index is 821. The van der Waals surface area contributed by atoms with Crippen molar-refractivity contribution in [1.82, 2.24) is 0 Å². The van der Waals surface area contributed by atoms with E-state index >= 15 is 0 Å². The van der Waals surface area contributed by atoms with Gasteiger partial charge >= 0.3 is 5.97 Å². The van der Waals surface area contributed by atoms with Crippen LogP contribution in [-0.2, 0) is 56.9 Å². The number of carbonyl (C=O) groups is 1. The zero-order valence-electron chi connectivity index (χ0n) is 29.1. The summed E-state index contributed by atoms with van der Waals surface area (Å²) >= 11 is 0. The van der Waals surface area contributed by atoms with Crippen molar-refractivity contribution in [3.05, 3.63) is 24.3 Å². The number of hydrogen-bond donors (Lipinski definition) is 1. The lowest BCUT2D eigenvalue weighted by Crippen LogP contribution is -2.15. The molecule has 1 rings (SSSR count). The van der Waals surface area contributed by atoms with Crippen molar-refractivity contribution in [2.75, 3.05) is 151 Å². The number of benzene rings is 1. The molecule has 280 valence electrons. The van der Waals surface area contributed by atoms with E-state index in [0.29, 0.717) is 157 Å². The van der Waals surface area contributed by atoms with Gasteiger partial charge in [-0.15, -0.1) is 0 Å². The van der Waals surface area contributed by atoms with Crippen LogP contribution in [0.4, 0.5) is 5.69 Å². The molecule has 0 atom stereocenters. The maximum absolute atomic E-state index is 11.5. The number of hydrogen-bond acceptors (Lipinski definition) is 14. The van der Waals surface area contributed by atoms with E-state index in [0.717, 1.165) is 19.3 Å². The van der Waals surface area contributed by atoms with E-state index in [1.807, 2.05) is 18.2 Å². The van der Waals surface area contributed by atoms with Gasteiger partial charge in [0.25, 0.3) is 0 Å². The summed E-state index contributed by atoms with van der Waals surface area (Å²) in [5, 5.41) is 0. The molecular weight excluding hydrogens is 630 g/mol. The van der Waals surface area contributed by atoms with E-state index in [2.05, 4.69) is 6.92 Å². The van der Waals surface area contributed by atoms with Crippen LogP contribution in [0.1, 0.15) is 32.6 Å². The number of nitrogens with two attached hydrogens (primary N) is 1.